The highest BCUT2D eigenvalue weighted by Crippen LogP contribution is 2.34. The summed E-state index contributed by atoms with van der Waals surface area (Å²) in [6, 6.07) is 3.88. The molecule has 0 aromatic heterocycles. The third-order valence-electron chi connectivity index (χ3n) is 2.65. The molecule has 0 unspecified atom stereocenters. The number of ether oxygens (including phenoxy) is 1. The van der Waals surface area contributed by atoms with Crippen LogP contribution in [0.4, 0.5) is 0 Å². The van der Waals surface area contributed by atoms with Crippen molar-refractivity contribution in [1.82, 2.24) is 0 Å². The monoisotopic (exact) mass is 427 g/mol. The van der Waals surface area contributed by atoms with Crippen molar-refractivity contribution in [3.05, 3.63) is 26.6 Å². The van der Waals surface area contributed by atoms with Crippen molar-refractivity contribution in [2.24, 2.45) is 5.73 Å². The summed E-state index contributed by atoms with van der Waals surface area (Å²) in [4.78, 5) is 0. The molecule has 20 heavy (non-hydrogen) atoms. The van der Waals surface area contributed by atoms with E-state index in [0.29, 0.717) is 18.7 Å². The summed E-state index contributed by atoms with van der Waals surface area (Å²) in [5.74, 6) is 0.857. The first kappa shape index (κ1) is 17.9. The van der Waals surface area contributed by atoms with Crippen molar-refractivity contribution in [2.75, 3.05) is 24.7 Å². The van der Waals surface area contributed by atoms with Gasteiger partial charge in [0.15, 0.2) is 9.84 Å². The van der Waals surface area contributed by atoms with E-state index in [2.05, 4.69) is 31.9 Å². The minimum atomic E-state index is -3.02. The fourth-order valence-electron chi connectivity index (χ4n) is 1.75. The van der Waals surface area contributed by atoms with Gasteiger partial charge in [-0.1, -0.05) is 6.92 Å². The van der Waals surface area contributed by atoms with Crippen LogP contribution < -0.4 is 10.5 Å². The van der Waals surface area contributed by atoms with Crippen LogP contribution in [0.3, 0.4) is 0 Å². The molecular weight excluding hydrogens is 410 g/mol. The molecule has 0 heterocycles. The lowest BCUT2D eigenvalue weighted by molar-refractivity contribution is 0.336. The quantitative estimate of drug-likeness (QED) is 0.690. The number of benzene rings is 1. The van der Waals surface area contributed by atoms with Gasteiger partial charge >= 0.3 is 0 Å². The predicted molar refractivity (Wildman–Crippen MR) is 89.0 cm³/mol. The summed E-state index contributed by atoms with van der Waals surface area (Å²) in [5.41, 5.74) is 6.62. The van der Waals surface area contributed by atoms with E-state index in [1.54, 1.807) is 0 Å². The zero-order valence-electron chi connectivity index (χ0n) is 11.4. The maximum Gasteiger partial charge on any atom is 0.153 e. The molecule has 0 aliphatic rings. The van der Waals surface area contributed by atoms with Crippen LogP contribution in [0.1, 0.15) is 18.9 Å². The summed E-state index contributed by atoms with van der Waals surface area (Å²) < 4.78 is 30.4. The molecule has 7 heteroatoms. The predicted octanol–water partition coefficient (Wildman–Crippen LogP) is 2.92. The van der Waals surface area contributed by atoms with E-state index in [0.717, 1.165) is 20.9 Å². The molecule has 114 valence electrons. The zero-order valence-corrected chi connectivity index (χ0v) is 15.4. The first-order valence-corrected chi connectivity index (χ1v) is 9.81. The fraction of sp³-hybridized carbons (Fsp3) is 0.538. The molecule has 0 fully saturated rings. The summed E-state index contributed by atoms with van der Waals surface area (Å²) in [5, 5.41) is 0. The van der Waals surface area contributed by atoms with E-state index >= 15 is 0 Å². The molecule has 0 radical (unpaired) electrons. The van der Waals surface area contributed by atoms with E-state index in [-0.39, 0.29) is 18.1 Å². The second-order valence-corrected chi connectivity index (χ2v) is 8.44. The third kappa shape index (κ3) is 5.71. The normalized spacial score (nSPS) is 11.6. The number of sulfone groups is 1. The summed E-state index contributed by atoms with van der Waals surface area (Å²) in [6.45, 7) is 2.58. The Kier molecular flexibility index (Phi) is 7.50. The standard InChI is InChI=1S/C13H19Br2NO3S/c1-2-6-20(17,18)7-5-19-13-11(14)8-10(3-4-16)9-12(13)15/h8-9H,2-7,16H2,1H3. The summed E-state index contributed by atoms with van der Waals surface area (Å²) in [7, 11) is -3.02. The van der Waals surface area contributed by atoms with Crippen LogP contribution in [0.25, 0.3) is 0 Å². The Hall–Kier alpha value is -0.110. The molecule has 0 saturated carbocycles. The van der Waals surface area contributed by atoms with Crippen LogP contribution in [0.5, 0.6) is 5.75 Å². The lowest BCUT2D eigenvalue weighted by Crippen LogP contribution is -2.17. The average Bonchev–Trinajstić information content (AvgIpc) is 2.33. The van der Waals surface area contributed by atoms with E-state index < -0.39 is 9.84 Å². The maximum absolute atomic E-state index is 11.6. The van der Waals surface area contributed by atoms with Crippen molar-refractivity contribution in [2.45, 2.75) is 19.8 Å². The molecule has 0 saturated heterocycles. The van der Waals surface area contributed by atoms with Crippen molar-refractivity contribution < 1.29 is 13.2 Å². The van der Waals surface area contributed by atoms with Crippen molar-refractivity contribution in [3.63, 3.8) is 0 Å². The van der Waals surface area contributed by atoms with Gasteiger partial charge < -0.3 is 10.5 Å². The molecule has 1 aromatic carbocycles. The van der Waals surface area contributed by atoms with E-state index in [9.17, 15) is 8.42 Å². The van der Waals surface area contributed by atoms with Crippen LogP contribution in [0, 0.1) is 0 Å². The number of hydrogen-bond donors (Lipinski definition) is 1. The van der Waals surface area contributed by atoms with Crippen LogP contribution in [0.15, 0.2) is 21.1 Å². The Bertz CT molecular complexity index is 524. The molecule has 1 rings (SSSR count). The van der Waals surface area contributed by atoms with Gasteiger partial charge in [0.2, 0.25) is 0 Å². The molecule has 0 aliphatic heterocycles. The average molecular weight is 429 g/mol. The van der Waals surface area contributed by atoms with Gasteiger partial charge in [-0.2, -0.15) is 0 Å². The smallest absolute Gasteiger partial charge is 0.153 e. The number of hydrogen-bond acceptors (Lipinski definition) is 4. The lowest BCUT2D eigenvalue weighted by Gasteiger charge is -2.12. The van der Waals surface area contributed by atoms with E-state index in [4.69, 9.17) is 10.5 Å². The van der Waals surface area contributed by atoms with Crippen molar-refractivity contribution >= 4 is 41.7 Å². The van der Waals surface area contributed by atoms with Gasteiger partial charge in [-0.3, -0.25) is 0 Å². The highest BCUT2D eigenvalue weighted by atomic mass is 79.9. The SMILES string of the molecule is CCCS(=O)(=O)CCOc1c(Br)cc(CCN)cc1Br. The zero-order chi connectivity index (χ0) is 15.2. The van der Waals surface area contributed by atoms with E-state index in [1.165, 1.54) is 0 Å². The highest BCUT2D eigenvalue weighted by molar-refractivity contribution is 9.11. The molecule has 0 atom stereocenters. The number of halogens is 2. The Balaban J connectivity index is 2.69. The molecule has 1 aromatic rings. The van der Waals surface area contributed by atoms with Gasteiger partial charge in [-0.05, 0) is 68.9 Å². The molecule has 0 amide bonds. The maximum atomic E-state index is 11.6. The lowest BCUT2D eigenvalue weighted by atomic mass is 10.1. The first-order valence-electron chi connectivity index (χ1n) is 6.41. The van der Waals surface area contributed by atoms with Crippen LogP contribution in [-0.2, 0) is 16.3 Å². The van der Waals surface area contributed by atoms with Gasteiger partial charge in [0, 0.05) is 0 Å². The highest BCUT2D eigenvalue weighted by Gasteiger charge is 2.12. The van der Waals surface area contributed by atoms with Crippen LogP contribution >= 0.6 is 31.9 Å². The Morgan fingerprint density at radius 3 is 2.30 bits per heavy atom. The van der Waals surface area contributed by atoms with Gasteiger partial charge in [0.25, 0.3) is 0 Å². The fourth-order valence-corrected chi connectivity index (χ4v) is 4.42. The summed E-state index contributed by atoms with van der Waals surface area (Å²) in [6.07, 6.45) is 1.41. The molecular formula is C13H19Br2NO3S. The molecule has 0 spiro atoms. The summed E-state index contributed by atoms with van der Waals surface area (Å²) >= 11 is 6.87. The van der Waals surface area contributed by atoms with Crippen molar-refractivity contribution in [1.29, 1.82) is 0 Å². The Labute approximate surface area is 137 Å². The third-order valence-corrected chi connectivity index (χ3v) is 5.64. The topological polar surface area (TPSA) is 69.4 Å². The molecule has 4 nitrogen and oxygen atoms in total. The number of nitrogens with two attached hydrogens (primary N) is 1. The van der Waals surface area contributed by atoms with Crippen LogP contribution in [-0.4, -0.2) is 33.1 Å². The largest absolute Gasteiger partial charge is 0.490 e. The number of rotatable bonds is 8. The molecule has 0 aliphatic carbocycles. The molecule has 0 bridgehead atoms. The van der Waals surface area contributed by atoms with Gasteiger partial charge in [0.05, 0.1) is 20.5 Å². The second kappa shape index (κ2) is 8.36. The first-order chi connectivity index (χ1) is 9.39. The molecule has 2 N–H and O–H groups in total. The van der Waals surface area contributed by atoms with Crippen molar-refractivity contribution in [3.8, 4) is 5.75 Å². The van der Waals surface area contributed by atoms with Gasteiger partial charge in [-0.25, -0.2) is 8.42 Å². The van der Waals surface area contributed by atoms with E-state index in [1.807, 2.05) is 19.1 Å². The minimum absolute atomic E-state index is 0.0320. The minimum Gasteiger partial charge on any atom is -0.490 e. The second-order valence-electron chi connectivity index (χ2n) is 4.43. The Morgan fingerprint density at radius 1 is 1.20 bits per heavy atom. The van der Waals surface area contributed by atoms with Crippen LogP contribution in [0.2, 0.25) is 0 Å². The Morgan fingerprint density at radius 2 is 1.80 bits per heavy atom. The van der Waals surface area contributed by atoms with Gasteiger partial charge in [-0.15, -0.1) is 0 Å². The van der Waals surface area contributed by atoms with Gasteiger partial charge in [0.1, 0.15) is 12.4 Å².